The first-order valence-corrected chi connectivity index (χ1v) is 6.04. The second kappa shape index (κ2) is 5.15. The van der Waals surface area contributed by atoms with Gasteiger partial charge in [-0.15, -0.1) is 0 Å². The fraction of sp³-hybridized carbons (Fsp3) is 0.917. The van der Waals surface area contributed by atoms with Crippen molar-refractivity contribution in [3.8, 4) is 0 Å². The molecule has 4 nitrogen and oxygen atoms in total. The van der Waals surface area contributed by atoms with Crippen molar-refractivity contribution in [3.05, 3.63) is 0 Å². The third kappa shape index (κ3) is 2.55. The van der Waals surface area contributed by atoms with Crippen molar-refractivity contribution >= 4 is 5.97 Å². The third-order valence-electron chi connectivity index (χ3n) is 3.06. The molecule has 0 aromatic rings. The van der Waals surface area contributed by atoms with Crippen LogP contribution in [0.5, 0.6) is 0 Å². The summed E-state index contributed by atoms with van der Waals surface area (Å²) in [4.78, 5) is 22.0. The van der Waals surface area contributed by atoms with Crippen molar-refractivity contribution in [2.75, 3.05) is 6.61 Å². The van der Waals surface area contributed by atoms with Crippen LogP contribution in [0.1, 0.15) is 53.4 Å². The molecular formula is C12H22O4. The Kier molecular flexibility index (Phi) is 4.33. The second-order valence-electron chi connectivity index (χ2n) is 4.78. The van der Waals surface area contributed by atoms with Gasteiger partial charge in [-0.2, -0.15) is 9.78 Å². The van der Waals surface area contributed by atoms with Crippen LogP contribution in [0.2, 0.25) is 0 Å². The molecule has 0 aromatic carbocycles. The van der Waals surface area contributed by atoms with Crippen LogP contribution in [0.25, 0.3) is 0 Å². The Balaban J connectivity index is 2.52. The van der Waals surface area contributed by atoms with E-state index in [1.165, 1.54) is 0 Å². The summed E-state index contributed by atoms with van der Waals surface area (Å²) in [5, 5.41) is 0. The van der Waals surface area contributed by atoms with E-state index in [4.69, 9.17) is 14.5 Å². The number of carbonyl (C=O) groups excluding carboxylic acids is 1. The Bertz CT molecular complexity index is 243. The van der Waals surface area contributed by atoms with Gasteiger partial charge < -0.3 is 4.74 Å². The monoisotopic (exact) mass is 230 g/mol. The number of hydrogen-bond donors (Lipinski definition) is 0. The number of rotatable bonds is 7. The highest BCUT2D eigenvalue weighted by atomic mass is 17.4. The van der Waals surface area contributed by atoms with Gasteiger partial charge in [0.15, 0.2) is 0 Å². The molecule has 1 rings (SSSR count). The van der Waals surface area contributed by atoms with Crippen LogP contribution in [0, 0.1) is 5.41 Å². The van der Waals surface area contributed by atoms with Gasteiger partial charge >= 0.3 is 5.97 Å². The smallest absolute Gasteiger partial charge is 0.317 e. The Hall–Kier alpha value is -0.610. The number of carbonyl (C=O) groups is 1. The number of hydrogen-bond acceptors (Lipinski definition) is 4. The van der Waals surface area contributed by atoms with Gasteiger partial charge in [0.05, 0.1) is 6.61 Å². The van der Waals surface area contributed by atoms with E-state index in [0.29, 0.717) is 13.0 Å². The van der Waals surface area contributed by atoms with Crippen LogP contribution in [-0.4, -0.2) is 18.4 Å². The molecular weight excluding hydrogens is 208 g/mol. The molecule has 1 heterocycles. The number of esters is 1. The lowest BCUT2D eigenvalue weighted by atomic mass is 9.82. The maximum atomic E-state index is 11.9. The maximum Gasteiger partial charge on any atom is 0.317 e. The van der Waals surface area contributed by atoms with E-state index in [0.717, 1.165) is 19.3 Å². The highest BCUT2D eigenvalue weighted by Crippen LogP contribution is 2.50. The average molecular weight is 230 g/mol. The van der Waals surface area contributed by atoms with Gasteiger partial charge in [-0.1, -0.05) is 26.7 Å². The lowest BCUT2D eigenvalue weighted by molar-refractivity contribution is -0.159. The van der Waals surface area contributed by atoms with Gasteiger partial charge in [-0.05, 0) is 20.3 Å². The van der Waals surface area contributed by atoms with Gasteiger partial charge in [0.2, 0.25) is 5.79 Å². The molecule has 16 heavy (non-hydrogen) atoms. The Morgan fingerprint density at radius 3 is 2.31 bits per heavy atom. The quantitative estimate of drug-likeness (QED) is 0.292. The minimum Gasteiger partial charge on any atom is -0.465 e. The molecule has 0 radical (unpaired) electrons. The van der Waals surface area contributed by atoms with Gasteiger partial charge in [-0.3, -0.25) is 4.79 Å². The van der Waals surface area contributed by atoms with Crippen molar-refractivity contribution in [1.82, 2.24) is 0 Å². The van der Waals surface area contributed by atoms with Crippen LogP contribution in [0.15, 0.2) is 0 Å². The van der Waals surface area contributed by atoms with Gasteiger partial charge in [-0.25, -0.2) is 0 Å². The van der Waals surface area contributed by atoms with Crippen LogP contribution in [0.3, 0.4) is 0 Å². The summed E-state index contributed by atoms with van der Waals surface area (Å²) >= 11 is 0. The molecule has 1 aliphatic rings. The molecule has 1 aliphatic heterocycles. The topological polar surface area (TPSA) is 51.4 Å². The zero-order chi connectivity index (χ0) is 12.2. The van der Waals surface area contributed by atoms with Crippen LogP contribution in [-0.2, 0) is 19.3 Å². The Morgan fingerprint density at radius 2 is 1.88 bits per heavy atom. The van der Waals surface area contributed by atoms with E-state index in [1.54, 1.807) is 0 Å². The first-order chi connectivity index (χ1) is 7.50. The Labute approximate surface area is 97.2 Å². The van der Waals surface area contributed by atoms with Gasteiger partial charge in [0.25, 0.3) is 0 Å². The zero-order valence-electron chi connectivity index (χ0n) is 10.7. The Morgan fingerprint density at radius 1 is 1.25 bits per heavy atom. The van der Waals surface area contributed by atoms with Crippen molar-refractivity contribution < 1.29 is 19.3 Å². The van der Waals surface area contributed by atoms with Crippen LogP contribution < -0.4 is 0 Å². The second-order valence-corrected chi connectivity index (χ2v) is 4.78. The molecule has 0 aromatic heterocycles. The zero-order valence-corrected chi connectivity index (χ0v) is 10.7. The number of unbranched alkanes of at least 4 members (excludes halogenated alkanes) is 1. The van der Waals surface area contributed by atoms with E-state index < -0.39 is 11.2 Å². The maximum absolute atomic E-state index is 11.9. The summed E-state index contributed by atoms with van der Waals surface area (Å²) < 4.78 is 5.22. The molecule has 0 unspecified atom stereocenters. The molecule has 0 amide bonds. The fourth-order valence-corrected chi connectivity index (χ4v) is 1.63. The average Bonchev–Trinajstić information content (AvgIpc) is 3.00. The summed E-state index contributed by atoms with van der Waals surface area (Å²) in [5.74, 6) is -1.00. The van der Waals surface area contributed by atoms with E-state index in [1.807, 2.05) is 20.8 Å². The minimum absolute atomic E-state index is 0.244. The first kappa shape index (κ1) is 13.5. The van der Waals surface area contributed by atoms with Crippen molar-refractivity contribution in [2.24, 2.45) is 5.41 Å². The predicted octanol–water partition coefficient (Wildman–Crippen LogP) is 2.81. The number of ether oxygens (including phenoxy) is 1. The summed E-state index contributed by atoms with van der Waals surface area (Å²) in [6.45, 7) is 8.19. The molecule has 0 saturated carbocycles. The van der Waals surface area contributed by atoms with E-state index in [2.05, 4.69) is 6.92 Å². The fourth-order valence-electron chi connectivity index (χ4n) is 1.63. The molecule has 1 saturated heterocycles. The largest absolute Gasteiger partial charge is 0.465 e. The first-order valence-electron chi connectivity index (χ1n) is 6.04. The molecule has 0 aliphatic carbocycles. The molecule has 0 N–H and O–H groups in total. The standard InChI is InChI=1S/C12H22O4/c1-5-7-9-14-10(13)11(3,4)12(8-6-2)15-16-12/h5-9H2,1-4H3. The molecule has 4 heteroatoms. The molecule has 1 fully saturated rings. The van der Waals surface area contributed by atoms with Crippen molar-refractivity contribution in [3.63, 3.8) is 0 Å². The van der Waals surface area contributed by atoms with E-state index in [-0.39, 0.29) is 5.97 Å². The van der Waals surface area contributed by atoms with Gasteiger partial charge in [0.1, 0.15) is 5.41 Å². The summed E-state index contributed by atoms with van der Waals surface area (Å²) in [6, 6.07) is 0. The lowest BCUT2D eigenvalue weighted by Crippen LogP contribution is -2.41. The van der Waals surface area contributed by atoms with Crippen molar-refractivity contribution in [1.29, 1.82) is 0 Å². The van der Waals surface area contributed by atoms with E-state index >= 15 is 0 Å². The molecule has 0 bridgehead atoms. The SMILES string of the molecule is CCCCOC(=O)C(C)(C)C1(CCC)OO1. The summed E-state index contributed by atoms with van der Waals surface area (Å²) in [7, 11) is 0. The van der Waals surface area contributed by atoms with Crippen LogP contribution >= 0.6 is 0 Å². The molecule has 0 spiro atoms. The summed E-state index contributed by atoms with van der Waals surface area (Å²) in [6.07, 6.45) is 3.53. The lowest BCUT2D eigenvalue weighted by Gasteiger charge is -2.25. The highest BCUT2D eigenvalue weighted by Gasteiger charge is 2.64. The van der Waals surface area contributed by atoms with Gasteiger partial charge in [0, 0.05) is 6.42 Å². The predicted molar refractivity (Wildman–Crippen MR) is 59.5 cm³/mol. The summed E-state index contributed by atoms with van der Waals surface area (Å²) in [5.41, 5.74) is -0.739. The van der Waals surface area contributed by atoms with Crippen LogP contribution in [0.4, 0.5) is 0 Å². The molecule has 94 valence electrons. The minimum atomic E-state index is -0.759. The normalized spacial score (nSPS) is 18.2. The van der Waals surface area contributed by atoms with Crippen molar-refractivity contribution in [2.45, 2.75) is 59.2 Å². The third-order valence-corrected chi connectivity index (χ3v) is 3.06. The highest BCUT2D eigenvalue weighted by molar-refractivity contribution is 5.77. The molecule has 0 atom stereocenters. The van der Waals surface area contributed by atoms with E-state index in [9.17, 15) is 4.79 Å².